The number of hydrogen-bond donors (Lipinski definition) is 0. The molecule has 0 saturated carbocycles. The van der Waals surface area contributed by atoms with Gasteiger partial charge < -0.3 is 14.2 Å². The maximum Gasteiger partial charge on any atom is 0.143 e. The zero-order chi connectivity index (χ0) is 17.0. The highest BCUT2D eigenvalue weighted by Crippen LogP contribution is 2.40. The molecule has 3 aromatic rings. The van der Waals surface area contributed by atoms with Crippen molar-refractivity contribution in [2.24, 2.45) is 0 Å². The van der Waals surface area contributed by atoms with Crippen molar-refractivity contribution in [2.45, 2.75) is 32.4 Å². The fourth-order valence-electron chi connectivity index (χ4n) is 4.52. The van der Waals surface area contributed by atoms with Crippen LogP contribution in [0.1, 0.15) is 28.3 Å². The normalized spacial score (nSPS) is 20.2. The second-order valence-electron chi connectivity index (χ2n) is 7.60. The summed E-state index contributed by atoms with van der Waals surface area (Å²) in [6.07, 6.45) is 1.13. The molecule has 25 heavy (non-hydrogen) atoms. The molecule has 0 bridgehead atoms. The zero-order valence-electron chi connectivity index (χ0n) is 15.0. The van der Waals surface area contributed by atoms with Crippen LogP contribution in [-0.2, 0) is 19.5 Å². The average Bonchev–Trinajstić information content (AvgIpc) is 2.79. The minimum absolute atomic E-state index is 0.397. The highest BCUT2D eigenvalue weighted by molar-refractivity contribution is 5.91. The van der Waals surface area contributed by atoms with E-state index in [2.05, 4.69) is 65.9 Å². The Labute approximate surface area is 148 Å². The van der Waals surface area contributed by atoms with Gasteiger partial charge in [0.15, 0.2) is 0 Å². The van der Waals surface area contributed by atoms with Crippen LogP contribution in [0.5, 0.6) is 5.75 Å². The molecule has 2 aromatic carbocycles. The second kappa shape index (κ2) is 5.63. The van der Waals surface area contributed by atoms with Crippen molar-refractivity contribution in [3.8, 4) is 5.75 Å². The second-order valence-corrected chi connectivity index (χ2v) is 7.60. The van der Waals surface area contributed by atoms with Crippen LogP contribution in [0.3, 0.4) is 0 Å². The molecule has 0 fully saturated rings. The standard InChI is InChI=1S/C22H24N2O/c1-15-10-18-19-13-23(2)9-8-20(19)24-12-17(16-6-4-3-5-7-16)14-25-21(11-15)22(18)24/h3-7,10-11,17H,8-9,12-14H2,1-2H3. The zero-order valence-corrected chi connectivity index (χ0v) is 15.0. The summed E-state index contributed by atoms with van der Waals surface area (Å²) in [4.78, 5) is 2.43. The van der Waals surface area contributed by atoms with E-state index in [1.807, 2.05) is 0 Å². The van der Waals surface area contributed by atoms with Crippen LogP contribution in [0, 0.1) is 6.92 Å². The third-order valence-corrected chi connectivity index (χ3v) is 5.76. The molecule has 3 nitrogen and oxygen atoms in total. The largest absolute Gasteiger partial charge is 0.491 e. The summed E-state index contributed by atoms with van der Waals surface area (Å²) in [6.45, 7) is 6.11. The van der Waals surface area contributed by atoms with E-state index < -0.39 is 0 Å². The van der Waals surface area contributed by atoms with Gasteiger partial charge in [0.1, 0.15) is 5.75 Å². The Hall–Kier alpha value is -2.26. The smallest absolute Gasteiger partial charge is 0.143 e. The third kappa shape index (κ3) is 2.37. The van der Waals surface area contributed by atoms with Crippen LogP contribution >= 0.6 is 0 Å². The van der Waals surface area contributed by atoms with Crippen molar-refractivity contribution in [3.05, 3.63) is 64.8 Å². The van der Waals surface area contributed by atoms with Crippen molar-refractivity contribution in [3.63, 3.8) is 0 Å². The number of benzene rings is 2. The summed E-state index contributed by atoms with van der Waals surface area (Å²) in [6, 6.07) is 15.4. The van der Waals surface area contributed by atoms with E-state index >= 15 is 0 Å². The first kappa shape index (κ1) is 15.0. The highest BCUT2D eigenvalue weighted by atomic mass is 16.5. The number of hydrogen-bond acceptors (Lipinski definition) is 2. The number of nitrogens with zero attached hydrogens (tertiary/aromatic N) is 2. The molecule has 3 heterocycles. The molecule has 3 heteroatoms. The minimum Gasteiger partial charge on any atom is -0.491 e. The van der Waals surface area contributed by atoms with Gasteiger partial charge in [-0.2, -0.15) is 0 Å². The first-order valence-electron chi connectivity index (χ1n) is 9.21. The van der Waals surface area contributed by atoms with E-state index in [1.165, 1.54) is 33.3 Å². The van der Waals surface area contributed by atoms with E-state index in [4.69, 9.17) is 4.74 Å². The van der Waals surface area contributed by atoms with E-state index in [1.54, 1.807) is 0 Å². The lowest BCUT2D eigenvalue weighted by atomic mass is 9.99. The van der Waals surface area contributed by atoms with Crippen LogP contribution in [0.2, 0.25) is 0 Å². The van der Waals surface area contributed by atoms with Gasteiger partial charge in [-0.25, -0.2) is 0 Å². The number of likely N-dealkylation sites (N-methyl/N-ethyl adjacent to an activating group) is 1. The number of aromatic nitrogens is 1. The Morgan fingerprint density at radius 2 is 1.96 bits per heavy atom. The van der Waals surface area contributed by atoms with Crippen LogP contribution in [0.15, 0.2) is 42.5 Å². The number of ether oxygens (including phenoxy) is 1. The first-order chi connectivity index (χ1) is 12.2. The van der Waals surface area contributed by atoms with Crippen molar-refractivity contribution in [1.82, 2.24) is 9.47 Å². The van der Waals surface area contributed by atoms with E-state index in [9.17, 15) is 0 Å². The molecule has 0 saturated heterocycles. The van der Waals surface area contributed by atoms with Gasteiger partial charge in [0.2, 0.25) is 0 Å². The molecule has 0 radical (unpaired) electrons. The molecular formula is C22H24N2O. The lowest BCUT2D eigenvalue weighted by molar-refractivity contribution is 0.284. The summed E-state index contributed by atoms with van der Waals surface area (Å²) in [5.74, 6) is 1.46. The number of rotatable bonds is 1. The molecule has 0 aliphatic carbocycles. The lowest BCUT2D eigenvalue weighted by Crippen LogP contribution is -2.28. The van der Waals surface area contributed by atoms with E-state index in [0.29, 0.717) is 5.92 Å². The monoisotopic (exact) mass is 332 g/mol. The molecule has 128 valence electrons. The maximum absolute atomic E-state index is 6.34. The van der Waals surface area contributed by atoms with E-state index in [-0.39, 0.29) is 0 Å². The van der Waals surface area contributed by atoms with Gasteiger partial charge in [0.25, 0.3) is 0 Å². The fourth-order valence-corrected chi connectivity index (χ4v) is 4.52. The summed E-state index contributed by atoms with van der Waals surface area (Å²) < 4.78 is 8.91. The lowest BCUT2D eigenvalue weighted by Gasteiger charge is -2.25. The van der Waals surface area contributed by atoms with Crippen LogP contribution in [-0.4, -0.2) is 29.7 Å². The topological polar surface area (TPSA) is 17.4 Å². The molecule has 0 N–H and O–H groups in total. The average molecular weight is 332 g/mol. The first-order valence-corrected chi connectivity index (χ1v) is 9.21. The summed E-state index contributed by atoms with van der Waals surface area (Å²) >= 11 is 0. The van der Waals surface area contributed by atoms with Crippen molar-refractivity contribution >= 4 is 10.9 Å². The molecule has 0 spiro atoms. The Balaban J connectivity index is 1.71. The Kier molecular flexibility index (Phi) is 3.39. The molecule has 2 aliphatic heterocycles. The third-order valence-electron chi connectivity index (χ3n) is 5.76. The number of aryl methyl sites for hydroxylation is 1. The van der Waals surface area contributed by atoms with Crippen LogP contribution < -0.4 is 4.74 Å². The molecule has 2 aliphatic rings. The van der Waals surface area contributed by atoms with Crippen LogP contribution in [0.4, 0.5) is 0 Å². The predicted molar refractivity (Wildman–Crippen MR) is 101 cm³/mol. The SMILES string of the molecule is Cc1cc2c3c(c1)c1c(n3CC(c3ccccc3)CO2)CCN(C)C1. The van der Waals surface area contributed by atoms with Crippen molar-refractivity contribution in [1.29, 1.82) is 0 Å². The summed E-state index contributed by atoms with van der Waals surface area (Å²) in [5.41, 5.74) is 6.99. The quantitative estimate of drug-likeness (QED) is 0.667. The Morgan fingerprint density at radius 1 is 1.12 bits per heavy atom. The van der Waals surface area contributed by atoms with Gasteiger partial charge in [-0.15, -0.1) is 0 Å². The summed E-state index contributed by atoms with van der Waals surface area (Å²) in [5, 5.41) is 1.39. The molecule has 1 unspecified atom stereocenters. The van der Waals surface area contributed by atoms with Gasteiger partial charge in [0.05, 0.1) is 12.1 Å². The van der Waals surface area contributed by atoms with Gasteiger partial charge >= 0.3 is 0 Å². The molecule has 0 amide bonds. The van der Waals surface area contributed by atoms with Gasteiger partial charge in [-0.05, 0) is 42.8 Å². The highest BCUT2D eigenvalue weighted by Gasteiger charge is 2.28. The predicted octanol–water partition coefficient (Wildman–Crippen LogP) is 4.11. The Morgan fingerprint density at radius 3 is 2.80 bits per heavy atom. The Bertz CT molecular complexity index is 942. The molecular weight excluding hydrogens is 308 g/mol. The van der Waals surface area contributed by atoms with E-state index in [0.717, 1.165) is 38.4 Å². The maximum atomic E-state index is 6.34. The minimum atomic E-state index is 0.397. The van der Waals surface area contributed by atoms with Crippen LogP contribution in [0.25, 0.3) is 10.9 Å². The van der Waals surface area contributed by atoms with Crippen molar-refractivity contribution in [2.75, 3.05) is 20.2 Å². The van der Waals surface area contributed by atoms with Gasteiger partial charge in [-0.1, -0.05) is 30.3 Å². The summed E-state index contributed by atoms with van der Waals surface area (Å²) in [7, 11) is 2.22. The molecule has 5 rings (SSSR count). The molecule has 1 aromatic heterocycles. The van der Waals surface area contributed by atoms with Gasteiger partial charge in [-0.3, -0.25) is 0 Å². The number of fused-ring (bicyclic) bond motifs is 3. The molecule has 1 atom stereocenters. The van der Waals surface area contributed by atoms with Crippen molar-refractivity contribution < 1.29 is 4.74 Å². The fraction of sp³-hybridized carbons (Fsp3) is 0.364. The van der Waals surface area contributed by atoms with Gasteiger partial charge in [0, 0.05) is 43.1 Å².